The average Bonchev–Trinajstić information content (AvgIpc) is 3.79. The number of Topliss-reactive ketones (excluding diaryl/α,β-unsaturated/α-hetero) is 1. The van der Waals surface area contributed by atoms with Crippen LogP contribution in [0.3, 0.4) is 0 Å². The highest BCUT2D eigenvalue weighted by atomic mass is 16.6. The Bertz CT molecular complexity index is 2420. The highest BCUT2D eigenvalue weighted by Crippen LogP contribution is 2.39. The number of aromatic nitrogens is 1. The number of ether oxygens (including phenoxy) is 3. The van der Waals surface area contributed by atoms with Crippen LogP contribution in [-0.4, -0.2) is 82.7 Å². The number of rotatable bonds is 24. The Hall–Kier alpha value is -5.89. The molecular weight excluding hydrogens is 799 g/mol. The Morgan fingerprint density at radius 2 is 1.63 bits per heavy atom. The molecule has 12 heteroatoms. The van der Waals surface area contributed by atoms with E-state index in [1.165, 1.54) is 5.56 Å². The van der Waals surface area contributed by atoms with Crippen LogP contribution in [0.25, 0.3) is 10.8 Å². The topological polar surface area (TPSA) is 186 Å². The van der Waals surface area contributed by atoms with Crippen molar-refractivity contribution in [1.29, 1.82) is 0 Å². The van der Waals surface area contributed by atoms with Gasteiger partial charge in [-0.2, -0.15) is 0 Å². The first-order valence-electron chi connectivity index (χ1n) is 21.6. The number of hydrogen-bond acceptors (Lipinski definition) is 11. The minimum atomic E-state index is -1.08. The molecule has 4 unspecified atom stereocenters. The number of aliphatic hydroxyl groups is 3. The van der Waals surface area contributed by atoms with Crippen molar-refractivity contribution in [2.45, 2.75) is 77.0 Å². The van der Waals surface area contributed by atoms with E-state index in [0.717, 1.165) is 50.6 Å². The van der Waals surface area contributed by atoms with Crippen LogP contribution in [0.1, 0.15) is 70.7 Å². The predicted molar refractivity (Wildman–Crippen MR) is 245 cm³/mol. The Labute approximate surface area is 369 Å². The van der Waals surface area contributed by atoms with Crippen LogP contribution in [0.2, 0.25) is 0 Å². The number of H-pyrrole nitrogens is 1. The molecule has 1 aromatic heterocycles. The lowest BCUT2D eigenvalue weighted by atomic mass is 9.80. The number of aliphatic hydroxyl groups excluding tert-OH is 3. The summed E-state index contributed by atoms with van der Waals surface area (Å²) < 4.78 is 17.3. The van der Waals surface area contributed by atoms with Gasteiger partial charge in [-0.15, -0.1) is 0 Å². The van der Waals surface area contributed by atoms with Crippen molar-refractivity contribution in [3.05, 3.63) is 148 Å². The molecular formula is C51H61N3O9. The summed E-state index contributed by atoms with van der Waals surface area (Å²) in [4.78, 5) is 18.0. The van der Waals surface area contributed by atoms with Gasteiger partial charge in [0.05, 0.1) is 19.3 Å². The molecule has 0 spiro atoms. The number of carbonyl (C=O) groups is 1. The van der Waals surface area contributed by atoms with E-state index in [4.69, 9.17) is 14.2 Å². The molecule has 1 heterocycles. The van der Waals surface area contributed by atoms with E-state index in [1.54, 1.807) is 57.5 Å². The Morgan fingerprint density at radius 3 is 2.37 bits per heavy atom. The van der Waals surface area contributed by atoms with Crippen molar-refractivity contribution in [3.8, 4) is 28.7 Å². The first-order chi connectivity index (χ1) is 30.5. The Balaban J connectivity index is 1.35. The van der Waals surface area contributed by atoms with Crippen LogP contribution < -0.4 is 24.8 Å². The molecule has 12 nitrogen and oxygen atoms in total. The number of fused-ring (bicyclic) bond motifs is 1. The van der Waals surface area contributed by atoms with Crippen LogP contribution in [0, 0.1) is 5.92 Å². The number of hydrogen-bond donors (Lipinski definition) is 8. The highest BCUT2D eigenvalue weighted by molar-refractivity contribution is 5.88. The first kappa shape index (κ1) is 46.6. The van der Waals surface area contributed by atoms with Crippen molar-refractivity contribution in [1.82, 2.24) is 15.6 Å². The number of phenols is 2. The number of aryl methyl sites for hydroxylation is 1. The minimum Gasteiger partial charge on any atom is -0.508 e. The highest BCUT2D eigenvalue weighted by Gasteiger charge is 2.30. The molecule has 6 aromatic rings. The van der Waals surface area contributed by atoms with Crippen molar-refractivity contribution in [3.63, 3.8) is 0 Å². The van der Waals surface area contributed by atoms with E-state index in [9.17, 15) is 30.3 Å². The average molecular weight is 860 g/mol. The van der Waals surface area contributed by atoms with Crippen molar-refractivity contribution >= 4 is 16.6 Å². The predicted octanol–water partition coefficient (Wildman–Crippen LogP) is 6.84. The van der Waals surface area contributed by atoms with Gasteiger partial charge in [-0.25, -0.2) is 0 Å². The van der Waals surface area contributed by atoms with Gasteiger partial charge in [0.1, 0.15) is 18.3 Å². The van der Waals surface area contributed by atoms with E-state index in [1.807, 2.05) is 42.7 Å². The molecule has 0 saturated heterocycles. The van der Waals surface area contributed by atoms with Crippen LogP contribution in [0.5, 0.6) is 28.7 Å². The summed E-state index contributed by atoms with van der Waals surface area (Å²) in [6.07, 6.45) is 4.26. The van der Waals surface area contributed by atoms with Crippen LogP contribution >= 0.6 is 0 Å². The summed E-state index contributed by atoms with van der Waals surface area (Å²) >= 11 is 0. The van der Waals surface area contributed by atoms with Gasteiger partial charge in [0.2, 0.25) is 0 Å². The number of phenolic OH excluding ortho intramolecular Hbond substituents is 2. The Morgan fingerprint density at radius 1 is 0.825 bits per heavy atom. The number of aromatic hydroxyl groups is 2. The molecule has 8 N–H and O–H groups in total. The zero-order chi connectivity index (χ0) is 44.9. The van der Waals surface area contributed by atoms with Crippen molar-refractivity contribution in [2.75, 3.05) is 34.2 Å². The van der Waals surface area contributed by atoms with E-state index in [0.29, 0.717) is 55.2 Å². The third kappa shape index (κ3) is 12.2. The van der Waals surface area contributed by atoms with Crippen LogP contribution in [-0.2, 0) is 43.4 Å². The normalized spacial score (nSPS) is 13.4. The summed E-state index contributed by atoms with van der Waals surface area (Å²) in [5.41, 5.74) is 7.15. The fourth-order valence-electron chi connectivity index (χ4n) is 8.53. The van der Waals surface area contributed by atoms with Gasteiger partial charge >= 0.3 is 0 Å². The lowest BCUT2D eigenvalue weighted by Gasteiger charge is -2.27. The summed E-state index contributed by atoms with van der Waals surface area (Å²) in [6.45, 7) is 4.04. The van der Waals surface area contributed by atoms with E-state index >= 15 is 0 Å². The van der Waals surface area contributed by atoms with Gasteiger partial charge in [-0.3, -0.25) is 10.1 Å². The first-order valence-corrected chi connectivity index (χ1v) is 21.6. The van der Waals surface area contributed by atoms with Gasteiger partial charge in [-0.1, -0.05) is 61.5 Å². The molecule has 0 bridgehead atoms. The molecule has 0 aliphatic rings. The van der Waals surface area contributed by atoms with Crippen molar-refractivity contribution < 1.29 is 44.5 Å². The molecule has 5 aromatic carbocycles. The standard InChI is InChI=1S/C51H61N3O9/c1-5-36-11-12-37-8-6-7-9-42(37)43(36)25-45-38(13-14-46(58)51(45)61-4)23-40(18-34-16-17-53-29-34)47(59)26-48(60)44(39-19-35(28-52-3)20-41(57)24-39)21-33-10-15-49(63-31-55)50(22-33)62-30-54-27-32(2)56/h6-17,19-20,22,24,29,32,40,44,47,52-59H,5,18,21,23,25-28,30-31H2,1-4H3. The molecule has 334 valence electrons. The summed E-state index contributed by atoms with van der Waals surface area (Å²) in [5.74, 6) is -0.352. The molecule has 0 aliphatic heterocycles. The zero-order valence-corrected chi connectivity index (χ0v) is 36.6. The monoisotopic (exact) mass is 859 g/mol. The van der Waals surface area contributed by atoms with Crippen LogP contribution in [0.4, 0.5) is 0 Å². The SMILES string of the molecule is CCc1ccc2ccccc2c1Cc1c(CC(Cc2cc[nH]c2)C(O)CC(=O)C(Cc2ccc(OCO)c(OCNCC(C)O)c2)c2cc(O)cc(CNC)c2)ccc(O)c1OC. The molecule has 0 fully saturated rings. The second kappa shape index (κ2) is 22.5. The number of aromatic amines is 1. The van der Waals surface area contributed by atoms with Gasteiger partial charge in [0.15, 0.2) is 29.8 Å². The number of nitrogens with one attached hydrogen (secondary N) is 3. The number of ketones is 1. The van der Waals surface area contributed by atoms with E-state index in [2.05, 4.69) is 46.8 Å². The number of carbonyl (C=O) groups excluding carboxylic acids is 1. The maximum atomic E-state index is 14.8. The Kier molecular flexibility index (Phi) is 16.6. The van der Waals surface area contributed by atoms with Gasteiger partial charge < -0.3 is 50.0 Å². The summed E-state index contributed by atoms with van der Waals surface area (Å²) in [7, 11) is 3.36. The van der Waals surface area contributed by atoms with Gasteiger partial charge in [0, 0.05) is 49.8 Å². The second-order valence-corrected chi connectivity index (χ2v) is 16.2. The smallest absolute Gasteiger partial charge is 0.186 e. The van der Waals surface area contributed by atoms with Gasteiger partial charge in [-0.05, 0) is 132 Å². The number of methoxy groups -OCH3 is 1. The molecule has 0 amide bonds. The van der Waals surface area contributed by atoms with E-state index < -0.39 is 30.8 Å². The third-order valence-electron chi connectivity index (χ3n) is 11.6. The maximum Gasteiger partial charge on any atom is 0.186 e. The number of benzene rings is 5. The van der Waals surface area contributed by atoms with Gasteiger partial charge in [0.25, 0.3) is 0 Å². The minimum absolute atomic E-state index is 0.0209. The van der Waals surface area contributed by atoms with Crippen LogP contribution in [0.15, 0.2) is 103 Å². The fourth-order valence-corrected chi connectivity index (χ4v) is 8.53. The molecule has 63 heavy (non-hydrogen) atoms. The second-order valence-electron chi connectivity index (χ2n) is 16.2. The summed E-state index contributed by atoms with van der Waals surface area (Å²) in [6, 6.07) is 28.4. The molecule has 0 saturated carbocycles. The largest absolute Gasteiger partial charge is 0.508 e. The molecule has 6 rings (SSSR count). The lowest BCUT2D eigenvalue weighted by molar-refractivity contribution is -0.123. The molecule has 4 atom stereocenters. The third-order valence-corrected chi connectivity index (χ3v) is 11.6. The lowest BCUT2D eigenvalue weighted by Crippen LogP contribution is -2.30. The van der Waals surface area contributed by atoms with E-state index in [-0.39, 0.29) is 36.9 Å². The quantitative estimate of drug-likeness (QED) is 0.0235. The molecule has 0 radical (unpaired) electrons. The fraction of sp³-hybridized carbons (Fsp3) is 0.353. The van der Waals surface area contributed by atoms with Crippen molar-refractivity contribution in [2.24, 2.45) is 5.92 Å². The summed E-state index contributed by atoms with van der Waals surface area (Å²) in [5, 5.41) is 61.9. The molecule has 0 aliphatic carbocycles. The maximum absolute atomic E-state index is 14.8. The zero-order valence-electron chi connectivity index (χ0n) is 36.6.